The number of carbonyl (C=O) groups is 2. The SMILES string of the molecule is Cc1cc(C(=O)O[C@H](C)C(=O)Nc2ccc3c(c2)CCC3)c(C)n1C1CC1. The molecular formula is C22H26N2O3. The molecule has 5 nitrogen and oxygen atoms in total. The molecule has 5 heteroatoms. The van der Waals surface area contributed by atoms with Crippen molar-refractivity contribution in [2.24, 2.45) is 0 Å². The molecule has 1 saturated carbocycles. The summed E-state index contributed by atoms with van der Waals surface area (Å²) in [6.45, 7) is 5.56. The highest BCUT2D eigenvalue weighted by atomic mass is 16.5. The molecule has 0 bridgehead atoms. The number of hydrogen-bond acceptors (Lipinski definition) is 3. The zero-order valence-corrected chi connectivity index (χ0v) is 16.2. The van der Waals surface area contributed by atoms with Crippen LogP contribution in [0, 0.1) is 13.8 Å². The molecule has 1 heterocycles. The summed E-state index contributed by atoms with van der Waals surface area (Å²) in [5.41, 5.74) is 5.96. The summed E-state index contributed by atoms with van der Waals surface area (Å²) >= 11 is 0. The van der Waals surface area contributed by atoms with Crippen molar-refractivity contribution in [1.29, 1.82) is 0 Å². The van der Waals surface area contributed by atoms with Crippen LogP contribution in [0.25, 0.3) is 0 Å². The van der Waals surface area contributed by atoms with Crippen LogP contribution in [0.3, 0.4) is 0 Å². The molecule has 27 heavy (non-hydrogen) atoms. The molecule has 142 valence electrons. The number of nitrogens with one attached hydrogen (secondary N) is 1. The lowest BCUT2D eigenvalue weighted by molar-refractivity contribution is -0.123. The van der Waals surface area contributed by atoms with Gasteiger partial charge in [-0.3, -0.25) is 4.79 Å². The topological polar surface area (TPSA) is 60.3 Å². The lowest BCUT2D eigenvalue weighted by atomic mass is 10.1. The van der Waals surface area contributed by atoms with Crippen molar-refractivity contribution in [2.45, 2.75) is 65.0 Å². The summed E-state index contributed by atoms with van der Waals surface area (Å²) < 4.78 is 7.65. The van der Waals surface area contributed by atoms with Gasteiger partial charge in [-0.05, 0) is 82.2 Å². The fraction of sp³-hybridized carbons (Fsp3) is 0.455. The van der Waals surface area contributed by atoms with E-state index in [1.165, 1.54) is 17.5 Å². The molecule has 0 saturated heterocycles. The molecule has 1 aromatic heterocycles. The smallest absolute Gasteiger partial charge is 0.340 e. The summed E-state index contributed by atoms with van der Waals surface area (Å²) in [4.78, 5) is 25.0. The van der Waals surface area contributed by atoms with Gasteiger partial charge in [-0.2, -0.15) is 0 Å². The minimum Gasteiger partial charge on any atom is -0.449 e. The minimum atomic E-state index is -0.852. The number of anilines is 1. The lowest BCUT2D eigenvalue weighted by Crippen LogP contribution is -2.30. The van der Waals surface area contributed by atoms with Crippen molar-refractivity contribution in [2.75, 3.05) is 5.32 Å². The molecular weight excluding hydrogens is 340 g/mol. The first kappa shape index (κ1) is 17.8. The van der Waals surface area contributed by atoms with E-state index < -0.39 is 12.1 Å². The van der Waals surface area contributed by atoms with Gasteiger partial charge in [0, 0.05) is 23.1 Å². The molecule has 1 fully saturated rings. The Labute approximate surface area is 159 Å². The Kier molecular flexibility index (Phi) is 4.54. The maximum Gasteiger partial charge on any atom is 0.340 e. The number of fused-ring (bicyclic) bond motifs is 1. The fourth-order valence-electron chi connectivity index (χ4n) is 4.05. The number of ether oxygens (including phenoxy) is 1. The highest BCUT2D eigenvalue weighted by Gasteiger charge is 2.29. The predicted octanol–water partition coefficient (Wildman–Crippen LogP) is 4.11. The van der Waals surface area contributed by atoms with Crippen LogP contribution >= 0.6 is 0 Å². The molecule has 2 aromatic rings. The summed E-state index contributed by atoms with van der Waals surface area (Å²) in [6.07, 6.45) is 4.79. The lowest BCUT2D eigenvalue weighted by Gasteiger charge is -2.14. The Morgan fingerprint density at radius 1 is 1.15 bits per heavy atom. The molecule has 0 radical (unpaired) electrons. The number of aryl methyl sites for hydroxylation is 3. The van der Waals surface area contributed by atoms with Crippen molar-refractivity contribution in [1.82, 2.24) is 4.57 Å². The van der Waals surface area contributed by atoms with E-state index in [1.807, 2.05) is 32.0 Å². The zero-order valence-electron chi connectivity index (χ0n) is 16.2. The Hall–Kier alpha value is -2.56. The van der Waals surface area contributed by atoms with E-state index in [0.717, 1.165) is 42.8 Å². The van der Waals surface area contributed by atoms with Gasteiger partial charge in [0.1, 0.15) is 0 Å². The second-order valence-corrected chi connectivity index (χ2v) is 7.76. The average molecular weight is 366 g/mol. The van der Waals surface area contributed by atoms with Gasteiger partial charge in [0.25, 0.3) is 5.91 Å². The number of rotatable bonds is 5. The van der Waals surface area contributed by atoms with Gasteiger partial charge in [-0.1, -0.05) is 6.07 Å². The van der Waals surface area contributed by atoms with Crippen LogP contribution in [0.5, 0.6) is 0 Å². The number of esters is 1. The van der Waals surface area contributed by atoms with Crippen LogP contribution in [0.2, 0.25) is 0 Å². The Bertz CT molecular complexity index is 909. The molecule has 1 N–H and O–H groups in total. The second kappa shape index (κ2) is 6.87. The first-order chi connectivity index (χ1) is 12.9. The van der Waals surface area contributed by atoms with Crippen LogP contribution in [0.4, 0.5) is 5.69 Å². The number of hydrogen-bond donors (Lipinski definition) is 1. The van der Waals surface area contributed by atoms with E-state index in [2.05, 4.69) is 16.0 Å². The highest BCUT2D eigenvalue weighted by molar-refractivity contribution is 5.98. The van der Waals surface area contributed by atoms with Crippen molar-refractivity contribution < 1.29 is 14.3 Å². The van der Waals surface area contributed by atoms with Crippen LogP contribution in [-0.2, 0) is 22.4 Å². The summed E-state index contributed by atoms with van der Waals surface area (Å²) in [6, 6.07) is 8.38. The highest BCUT2D eigenvalue weighted by Crippen LogP contribution is 2.38. The standard InChI is InChI=1S/C22H26N2O3/c1-13-11-20(14(2)24(13)19-9-10-19)22(26)27-15(3)21(25)23-18-8-7-16-5-4-6-17(16)12-18/h7-8,11-12,15,19H,4-6,9-10H2,1-3H3,(H,23,25)/t15-/m1/s1. The summed E-state index contributed by atoms with van der Waals surface area (Å²) in [5.74, 6) is -0.746. The largest absolute Gasteiger partial charge is 0.449 e. The number of amides is 1. The predicted molar refractivity (Wildman–Crippen MR) is 104 cm³/mol. The summed E-state index contributed by atoms with van der Waals surface area (Å²) in [7, 11) is 0. The van der Waals surface area contributed by atoms with E-state index in [-0.39, 0.29) is 5.91 Å². The number of aromatic nitrogens is 1. The molecule has 1 aromatic carbocycles. The third-order valence-electron chi connectivity index (χ3n) is 5.64. The van der Waals surface area contributed by atoms with Gasteiger partial charge in [-0.15, -0.1) is 0 Å². The zero-order chi connectivity index (χ0) is 19.1. The molecule has 2 aliphatic carbocycles. The maximum absolute atomic E-state index is 12.6. The molecule has 2 aliphatic rings. The number of nitrogens with zero attached hydrogens (tertiary/aromatic N) is 1. The molecule has 4 rings (SSSR count). The molecule has 0 spiro atoms. The van der Waals surface area contributed by atoms with Gasteiger partial charge in [0.05, 0.1) is 5.56 Å². The average Bonchev–Trinajstić information content (AvgIpc) is 3.26. The number of carbonyl (C=O) groups excluding carboxylic acids is 2. The second-order valence-electron chi connectivity index (χ2n) is 7.76. The normalized spacial score (nSPS) is 16.7. The Morgan fingerprint density at radius 2 is 1.89 bits per heavy atom. The van der Waals surface area contributed by atoms with Gasteiger partial charge >= 0.3 is 5.97 Å². The first-order valence-electron chi connectivity index (χ1n) is 9.76. The van der Waals surface area contributed by atoms with E-state index >= 15 is 0 Å². The third-order valence-corrected chi connectivity index (χ3v) is 5.64. The van der Waals surface area contributed by atoms with E-state index in [1.54, 1.807) is 6.92 Å². The maximum atomic E-state index is 12.6. The quantitative estimate of drug-likeness (QED) is 0.810. The van der Waals surface area contributed by atoms with Crippen molar-refractivity contribution in [3.05, 3.63) is 52.3 Å². The Morgan fingerprint density at radius 3 is 2.63 bits per heavy atom. The first-order valence-corrected chi connectivity index (χ1v) is 9.76. The van der Waals surface area contributed by atoms with Gasteiger partial charge in [0.2, 0.25) is 0 Å². The minimum absolute atomic E-state index is 0.308. The summed E-state index contributed by atoms with van der Waals surface area (Å²) in [5, 5.41) is 2.87. The van der Waals surface area contributed by atoms with Crippen LogP contribution in [-0.4, -0.2) is 22.5 Å². The third kappa shape index (κ3) is 3.51. The van der Waals surface area contributed by atoms with E-state index in [9.17, 15) is 9.59 Å². The monoisotopic (exact) mass is 366 g/mol. The molecule has 1 atom stereocenters. The van der Waals surface area contributed by atoms with Gasteiger partial charge < -0.3 is 14.6 Å². The molecule has 1 amide bonds. The van der Waals surface area contributed by atoms with E-state index in [0.29, 0.717) is 11.6 Å². The van der Waals surface area contributed by atoms with Crippen molar-refractivity contribution >= 4 is 17.6 Å². The van der Waals surface area contributed by atoms with Crippen LogP contribution in [0.15, 0.2) is 24.3 Å². The van der Waals surface area contributed by atoms with Crippen LogP contribution in [0.1, 0.15) is 65.1 Å². The van der Waals surface area contributed by atoms with Crippen molar-refractivity contribution in [3.8, 4) is 0 Å². The fourth-order valence-corrected chi connectivity index (χ4v) is 4.05. The Balaban J connectivity index is 1.41. The van der Waals surface area contributed by atoms with Crippen LogP contribution < -0.4 is 5.32 Å². The molecule has 0 unspecified atom stereocenters. The molecule has 0 aliphatic heterocycles. The van der Waals surface area contributed by atoms with Gasteiger partial charge in [0.15, 0.2) is 6.10 Å². The van der Waals surface area contributed by atoms with Gasteiger partial charge in [-0.25, -0.2) is 4.79 Å². The van der Waals surface area contributed by atoms with E-state index in [4.69, 9.17) is 4.74 Å². The van der Waals surface area contributed by atoms with Crippen molar-refractivity contribution in [3.63, 3.8) is 0 Å². The number of benzene rings is 1.